The molecule has 2 N–H and O–H groups in total. The summed E-state index contributed by atoms with van der Waals surface area (Å²) in [5, 5.41) is 13.2. The lowest BCUT2D eigenvalue weighted by Crippen LogP contribution is -2.52. The van der Waals surface area contributed by atoms with Gasteiger partial charge in [-0.2, -0.15) is 19.8 Å². The maximum atomic E-state index is 13.8. The third-order valence-electron chi connectivity index (χ3n) is 17.4. The second kappa shape index (κ2) is 26.4. The van der Waals surface area contributed by atoms with Gasteiger partial charge in [-0.25, -0.2) is 9.97 Å². The fourth-order valence-electron chi connectivity index (χ4n) is 12.5. The number of carbonyl (C=O) groups excluding carboxylic acids is 1. The van der Waals surface area contributed by atoms with E-state index in [0.717, 1.165) is 116 Å². The van der Waals surface area contributed by atoms with Crippen LogP contribution in [-0.2, 0) is 30.7 Å². The number of piperazine rings is 2. The topological polar surface area (TPSA) is 193 Å². The molecule has 4 aromatic rings. The van der Waals surface area contributed by atoms with E-state index >= 15 is 0 Å². The lowest BCUT2D eigenvalue weighted by Gasteiger charge is -2.42. The first-order valence-electron chi connectivity index (χ1n) is 29.2. The van der Waals surface area contributed by atoms with Crippen LogP contribution in [0.1, 0.15) is 94.4 Å². The summed E-state index contributed by atoms with van der Waals surface area (Å²) in [6.07, 6.45) is 8.94. The summed E-state index contributed by atoms with van der Waals surface area (Å²) < 4.78 is 13.2. The lowest BCUT2D eigenvalue weighted by molar-refractivity contribution is -0.123. The summed E-state index contributed by atoms with van der Waals surface area (Å²) in [4.78, 5) is 73.8. The van der Waals surface area contributed by atoms with E-state index in [9.17, 15) is 14.6 Å². The molecule has 0 radical (unpaired) electrons. The van der Waals surface area contributed by atoms with Gasteiger partial charge in [-0.3, -0.25) is 19.5 Å². The number of hydrogen-bond donors (Lipinski definition) is 2. The Labute approximate surface area is 461 Å². The first-order valence-corrected chi connectivity index (χ1v) is 29.2. The van der Waals surface area contributed by atoms with Gasteiger partial charge in [0.1, 0.15) is 53.9 Å². The van der Waals surface area contributed by atoms with Crippen molar-refractivity contribution in [2.24, 2.45) is 16.3 Å². The predicted octanol–water partition coefficient (Wildman–Crippen LogP) is 7.50. The van der Waals surface area contributed by atoms with Gasteiger partial charge < -0.3 is 39.7 Å². The van der Waals surface area contributed by atoms with Crippen LogP contribution in [0.15, 0.2) is 58.9 Å². The Balaban J connectivity index is 0.690. The highest BCUT2D eigenvalue weighted by Gasteiger charge is 2.34. The number of carbonyl (C=O) groups is 1. The zero-order valence-corrected chi connectivity index (χ0v) is 46.7. The number of likely N-dealkylation sites (N-methyl/N-ethyl adjacent to an activating group) is 2. The zero-order valence-electron chi connectivity index (χ0n) is 46.7. The maximum Gasteiger partial charge on any atom is 0.237 e. The number of nitrogens with one attached hydrogen (secondary N) is 2. The van der Waals surface area contributed by atoms with Gasteiger partial charge in [0, 0.05) is 145 Å². The summed E-state index contributed by atoms with van der Waals surface area (Å²) in [6.45, 7) is 19.3. The summed E-state index contributed by atoms with van der Waals surface area (Å²) in [5.74, 6) is 1.96. The van der Waals surface area contributed by atoms with Crippen molar-refractivity contribution >= 4 is 40.2 Å². The van der Waals surface area contributed by atoms with Gasteiger partial charge in [0.2, 0.25) is 11.8 Å². The molecule has 10 rings (SSSR count). The highest BCUT2D eigenvalue weighted by molar-refractivity contribution is 5.81. The summed E-state index contributed by atoms with van der Waals surface area (Å²) >= 11 is 0. The van der Waals surface area contributed by atoms with Gasteiger partial charge in [-0.15, -0.1) is 0 Å². The van der Waals surface area contributed by atoms with Crippen LogP contribution in [0, 0.1) is 15.7 Å². The van der Waals surface area contributed by atoms with Crippen LogP contribution >= 0.6 is 0 Å². The molecule has 6 fully saturated rings. The van der Waals surface area contributed by atoms with E-state index in [1.807, 2.05) is 13.8 Å². The van der Waals surface area contributed by atoms with E-state index in [1.165, 1.54) is 37.1 Å². The first kappa shape index (κ1) is 55.4. The Morgan fingerprint density at radius 3 is 1.46 bits per heavy atom. The van der Waals surface area contributed by atoms with Crippen LogP contribution < -0.4 is 29.9 Å². The average molecular weight is 1070 g/mol. The van der Waals surface area contributed by atoms with Gasteiger partial charge in [0.15, 0.2) is 11.6 Å². The number of likely N-dealkylation sites (tertiary alicyclic amines) is 1. The van der Waals surface area contributed by atoms with Crippen molar-refractivity contribution in [3.63, 3.8) is 0 Å². The second-order valence-electron chi connectivity index (χ2n) is 22.6. The molecule has 420 valence electrons. The normalized spacial score (nSPS) is 22.7. The smallest absolute Gasteiger partial charge is 0.237 e. The fourth-order valence-corrected chi connectivity index (χ4v) is 12.5. The number of benzene rings is 2. The second-order valence-corrected chi connectivity index (χ2v) is 22.6. The number of hydrogen-bond acceptors (Lipinski definition) is 20. The van der Waals surface area contributed by atoms with E-state index < -0.39 is 0 Å². The number of nitrogens with zero attached hydrogens (tertiary/aromatic N) is 13. The minimum absolute atomic E-state index is 0.0939. The molecular formula is C58H83N15O5. The average Bonchev–Trinajstić information content (AvgIpc) is 4.14. The number of ether oxygens (including phenoxy) is 2. The predicted molar refractivity (Wildman–Crippen MR) is 307 cm³/mol. The van der Waals surface area contributed by atoms with Crippen molar-refractivity contribution < 1.29 is 14.3 Å². The molecule has 1 aliphatic carbocycles. The molecule has 3 atom stereocenters. The minimum atomic E-state index is -0.174. The monoisotopic (exact) mass is 1070 g/mol. The van der Waals surface area contributed by atoms with Crippen molar-refractivity contribution in [1.82, 2.24) is 44.4 Å². The van der Waals surface area contributed by atoms with Crippen molar-refractivity contribution in [3.05, 3.63) is 81.1 Å². The van der Waals surface area contributed by atoms with E-state index in [4.69, 9.17) is 29.4 Å². The van der Waals surface area contributed by atoms with Crippen molar-refractivity contribution in [1.29, 1.82) is 0 Å². The largest absolute Gasteiger partial charge is 0.473 e. The molecule has 1 unspecified atom stereocenters. The maximum absolute atomic E-state index is 13.8. The number of piperidine rings is 2. The Kier molecular flexibility index (Phi) is 18.7. The molecule has 0 spiro atoms. The van der Waals surface area contributed by atoms with E-state index in [0.29, 0.717) is 97.0 Å². The molecule has 1 saturated carbocycles. The number of aromatic nitrogens is 4. The summed E-state index contributed by atoms with van der Waals surface area (Å²) in [5.41, 5.74) is 6.41. The summed E-state index contributed by atoms with van der Waals surface area (Å²) in [7, 11) is 4.42. The minimum Gasteiger partial charge on any atom is -0.473 e. The highest BCUT2D eigenvalue weighted by atomic mass is 16.5. The number of nitroso groups, excluding NO2 is 2. The molecule has 2 aromatic heterocycles. The third-order valence-corrected chi connectivity index (χ3v) is 17.4. The van der Waals surface area contributed by atoms with E-state index in [-0.39, 0.29) is 37.0 Å². The number of rotatable bonds is 22. The molecule has 5 aliphatic heterocycles. The van der Waals surface area contributed by atoms with Crippen molar-refractivity contribution in [2.45, 2.75) is 122 Å². The standard InChI is InChI=1S/C58H83N15O5/c1-5-50-57(65-55(52(63-50)38-59-75)61-42-8-12-44(13-9-42)70-25-17-46(18-26-70)72-33-29-67(3)30-34-72)77-48-16-7-41(37-48)54(74)22-24-69-23-21-49(40-69)78-58-51(6-2)64-53(39-60-76)56(66-58)62-43-10-14-45(15-11-43)71-27-19-47(20-28-71)73-35-31-68(4)32-36-73/h8-15,41,46-49H,5-7,16-40H2,1-4H3,(H,61,65)(H,62,66)/t41?,48-,49-/m1/s1. The molecule has 20 heteroatoms. The number of aryl methyl sites for hydroxylation is 2. The molecule has 78 heavy (non-hydrogen) atoms. The van der Waals surface area contributed by atoms with Gasteiger partial charge in [0.25, 0.3) is 0 Å². The van der Waals surface area contributed by atoms with Gasteiger partial charge in [0.05, 0.1) is 0 Å². The quantitative estimate of drug-likeness (QED) is 0.0734. The van der Waals surface area contributed by atoms with Crippen molar-refractivity contribution in [3.8, 4) is 11.8 Å². The zero-order chi connectivity index (χ0) is 54.0. The molecule has 2 aromatic carbocycles. The van der Waals surface area contributed by atoms with E-state index in [2.05, 4.69) is 118 Å². The van der Waals surface area contributed by atoms with Gasteiger partial charge in [-0.05, 0) is 127 Å². The van der Waals surface area contributed by atoms with Crippen LogP contribution in [-0.4, -0.2) is 187 Å². The van der Waals surface area contributed by atoms with Gasteiger partial charge in [-0.1, -0.05) is 24.2 Å². The Bertz CT molecular complexity index is 2610. The lowest BCUT2D eigenvalue weighted by atomic mass is 10.00. The first-order chi connectivity index (χ1) is 38.1. The molecule has 20 nitrogen and oxygen atoms in total. The van der Waals surface area contributed by atoms with E-state index in [1.54, 1.807) is 0 Å². The molecule has 6 aliphatic rings. The SMILES string of the molecule is CCc1nc(CN=O)c(Nc2ccc(N3CCC(N4CCN(C)CC4)CC3)cc2)nc1O[C@@H]1CCC(C(=O)CCN2CC[C@@H](Oc3nc(Nc4ccc(N5CCC(N6CCN(C)CC6)CC5)cc4)c(CN=O)nc3CC)C2)C1. The van der Waals surface area contributed by atoms with Crippen LogP contribution in [0.4, 0.5) is 34.4 Å². The van der Waals surface area contributed by atoms with Gasteiger partial charge >= 0.3 is 0 Å². The highest BCUT2D eigenvalue weighted by Crippen LogP contribution is 2.35. The Hall–Kier alpha value is -5.93. The van der Waals surface area contributed by atoms with Crippen LogP contribution in [0.5, 0.6) is 11.8 Å². The fraction of sp³-hybridized carbons (Fsp3) is 0.638. The molecule has 0 amide bonds. The Morgan fingerprint density at radius 2 is 1.01 bits per heavy atom. The molecule has 5 saturated heterocycles. The number of anilines is 6. The third kappa shape index (κ3) is 13.9. The Morgan fingerprint density at radius 1 is 0.551 bits per heavy atom. The van der Waals surface area contributed by atoms with Crippen LogP contribution in [0.2, 0.25) is 0 Å². The van der Waals surface area contributed by atoms with Crippen LogP contribution in [0.3, 0.4) is 0 Å². The summed E-state index contributed by atoms with van der Waals surface area (Å²) in [6, 6.07) is 18.1. The van der Waals surface area contributed by atoms with Crippen LogP contribution in [0.25, 0.3) is 0 Å². The molecule has 0 bridgehead atoms. The number of ketones is 1. The molecular weight excluding hydrogens is 987 g/mol. The number of Topliss-reactive ketones (excluding diaryl/α,β-unsaturated/α-hetero) is 1. The van der Waals surface area contributed by atoms with Crippen molar-refractivity contribution in [2.75, 3.05) is 133 Å². The molecule has 7 heterocycles.